The van der Waals surface area contributed by atoms with Crippen LogP contribution in [-0.2, 0) is 6.54 Å². The van der Waals surface area contributed by atoms with Gasteiger partial charge in [-0.15, -0.1) is 0 Å². The molecule has 1 aliphatic carbocycles. The second kappa shape index (κ2) is 6.90. The zero-order valence-corrected chi connectivity index (χ0v) is 11.3. The molecule has 0 aliphatic heterocycles. The van der Waals surface area contributed by atoms with Crippen LogP contribution in [0.5, 0.6) is 0 Å². The number of aromatic nitrogens is 2. The SMILES string of the molecule is CC(O)CCCNCc1ccn(C2CCCC2)n1. The monoisotopic (exact) mass is 251 g/mol. The number of aliphatic hydroxyl groups is 1. The third-order valence-corrected chi connectivity index (χ3v) is 3.64. The van der Waals surface area contributed by atoms with Crippen molar-refractivity contribution in [2.45, 2.75) is 64.1 Å². The van der Waals surface area contributed by atoms with Crippen molar-refractivity contribution in [1.82, 2.24) is 15.1 Å². The van der Waals surface area contributed by atoms with Crippen LogP contribution in [0.1, 0.15) is 57.2 Å². The fraction of sp³-hybridized carbons (Fsp3) is 0.786. The summed E-state index contributed by atoms with van der Waals surface area (Å²) in [5, 5.41) is 17.2. The third kappa shape index (κ3) is 4.10. The highest BCUT2D eigenvalue weighted by molar-refractivity contribution is 4.99. The first-order chi connectivity index (χ1) is 8.75. The molecule has 1 saturated carbocycles. The molecule has 4 heteroatoms. The van der Waals surface area contributed by atoms with Crippen LogP contribution in [0.15, 0.2) is 12.3 Å². The summed E-state index contributed by atoms with van der Waals surface area (Å²) in [6.45, 7) is 3.62. The lowest BCUT2D eigenvalue weighted by Crippen LogP contribution is -2.17. The Balaban J connectivity index is 1.67. The van der Waals surface area contributed by atoms with Crippen molar-refractivity contribution in [2.75, 3.05) is 6.54 Å². The molecular weight excluding hydrogens is 226 g/mol. The molecule has 0 radical (unpaired) electrons. The molecule has 0 saturated heterocycles. The molecule has 4 nitrogen and oxygen atoms in total. The van der Waals surface area contributed by atoms with E-state index < -0.39 is 0 Å². The van der Waals surface area contributed by atoms with Gasteiger partial charge < -0.3 is 10.4 Å². The van der Waals surface area contributed by atoms with Crippen molar-refractivity contribution in [3.05, 3.63) is 18.0 Å². The fourth-order valence-corrected chi connectivity index (χ4v) is 2.58. The molecule has 0 amide bonds. The van der Waals surface area contributed by atoms with E-state index >= 15 is 0 Å². The molecule has 1 atom stereocenters. The normalized spacial score (nSPS) is 18.3. The minimum absolute atomic E-state index is 0.187. The van der Waals surface area contributed by atoms with Gasteiger partial charge in [0, 0.05) is 12.7 Å². The second-order valence-electron chi connectivity index (χ2n) is 5.39. The molecule has 1 fully saturated rings. The lowest BCUT2D eigenvalue weighted by Gasteiger charge is -2.09. The van der Waals surface area contributed by atoms with E-state index in [0.29, 0.717) is 6.04 Å². The quantitative estimate of drug-likeness (QED) is 0.731. The maximum absolute atomic E-state index is 9.15. The predicted molar refractivity (Wildman–Crippen MR) is 72.4 cm³/mol. The number of aliphatic hydroxyl groups excluding tert-OH is 1. The highest BCUT2D eigenvalue weighted by atomic mass is 16.3. The molecule has 1 aromatic heterocycles. The van der Waals surface area contributed by atoms with Gasteiger partial charge in [0.2, 0.25) is 0 Å². The lowest BCUT2D eigenvalue weighted by molar-refractivity contribution is 0.181. The Morgan fingerprint density at radius 3 is 3.00 bits per heavy atom. The van der Waals surface area contributed by atoms with Crippen LogP contribution in [0.25, 0.3) is 0 Å². The molecule has 1 aliphatic rings. The van der Waals surface area contributed by atoms with Crippen molar-refractivity contribution in [3.63, 3.8) is 0 Å². The fourth-order valence-electron chi connectivity index (χ4n) is 2.58. The minimum Gasteiger partial charge on any atom is -0.393 e. The van der Waals surface area contributed by atoms with Crippen LogP contribution in [0.2, 0.25) is 0 Å². The maximum atomic E-state index is 9.15. The number of hydrogen-bond donors (Lipinski definition) is 2. The molecule has 1 aromatic rings. The Hall–Kier alpha value is -0.870. The van der Waals surface area contributed by atoms with E-state index in [1.165, 1.54) is 25.7 Å². The summed E-state index contributed by atoms with van der Waals surface area (Å²) in [5.41, 5.74) is 1.12. The first-order valence-electron chi connectivity index (χ1n) is 7.18. The van der Waals surface area contributed by atoms with Crippen LogP contribution < -0.4 is 5.32 Å². The van der Waals surface area contributed by atoms with Crippen molar-refractivity contribution in [3.8, 4) is 0 Å². The molecular formula is C14H25N3O. The molecule has 2 N–H and O–H groups in total. The van der Waals surface area contributed by atoms with Gasteiger partial charge in [0.05, 0.1) is 17.8 Å². The van der Waals surface area contributed by atoms with E-state index in [4.69, 9.17) is 5.11 Å². The maximum Gasteiger partial charge on any atom is 0.0762 e. The lowest BCUT2D eigenvalue weighted by atomic mass is 10.2. The Morgan fingerprint density at radius 1 is 1.50 bits per heavy atom. The van der Waals surface area contributed by atoms with Gasteiger partial charge >= 0.3 is 0 Å². The van der Waals surface area contributed by atoms with E-state index in [9.17, 15) is 0 Å². The van der Waals surface area contributed by atoms with Gasteiger partial charge in [0.1, 0.15) is 0 Å². The molecule has 2 rings (SSSR count). The van der Waals surface area contributed by atoms with Gasteiger partial charge in [-0.2, -0.15) is 5.10 Å². The van der Waals surface area contributed by atoms with Gasteiger partial charge in [-0.05, 0) is 45.2 Å². The Bertz CT molecular complexity index is 343. The summed E-state index contributed by atoms with van der Waals surface area (Å²) < 4.78 is 2.14. The van der Waals surface area contributed by atoms with Crippen LogP contribution >= 0.6 is 0 Å². The second-order valence-corrected chi connectivity index (χ2v) is 5.39. The average Bonchev–Trinajstić information content (AvgIpc) is 2.98. The number of rotatable bonds is 7. The van der Waals surface area contributed by atoms with E-state index in [2.05, 4.69) is 27.4 Å². The third-order valence-electron chi connectivity index (χ3n) is 3.64. The largest absolute Gasteiger partial charge is 0.393 e. The van der Waals surface area contributed by atoms with Crippen LogP contribution in [-0.4, -0.2) is 27.5 Å². The van der Waals surface area contributed by atoms with Crippen molar-refractivity contribution in [2.24, 2.45) is 0 Å². The number of hydrogen-bond acceptors (Lipinski definition) is 3. The average molecular weight is 251 g/mol. The summed E-state index contributed by atoms with van der Waals surface area (Å²) >= 11 is 0. The zero-order valence-electron chi connectivity index (χ0n) is 11.3. The molecule has 0 aromatic carbocycles. The predicted octanol–water partition coefficient (Wildman–Crippen LogP) is 2.25. The standard InChI is InChI=1S/C14H25N3O/c1-12(18)5-4-9-15-11-13-8-10-17(16-13)14-6-2-3-7-14/h8,10,12,14-15,18H,2-7,9,11H2,1H3. The molecule has 102 valence electrons. The van der Waals surface area contributed by atoms with Crippen molar-refractivity contribution < 1.29 is 5.11 Å². The summed E-state index contributed by atoms with van der Waals surface area (Å²) in [7, 11) is 0. The summed E-state index contributed by atoms with van der Waals surface area (Å²) in [4.78, 5) is 0. The van der Waals surface area contributed by atoms with Crippen molar-refractivity contribution in [1.29, 1.82) is 0 Å². The minimum atomic E-state index is -0.187. The highest BCUT2D eigenvalue weighted by Crippen LogP contribution is 2.28. The van der Waals surface area contributed by atoms with E-state index in [1.807, 2.05) is 6.92 Å². The summed E-state index contributed by atoms with van der Waals surface area (Å²) in [6, 6.07) is 2.74. The Labute approximate surface area is 109 Å². The van der Waals surface area contributed by atoms with Gasteiger partial charge in [-0.25, -0.2) is 0 Å². The van der Waals surface area contributed by atoms with Crippen LogP contribution in [0, 0.1) is 0 Å². The topological polar surface area (TPSA) is 50.1 Å². The van der Waals surface area contributed by atoms with Gasteiger partial charge in [0.15, 0.2) is 0 Å². The molecule has 0 bridgehead atoms. The van der Waals surface area contributed by atoms with E-state index in [1.54, 1.807) is 0 Å². The zero-order chi connectivity index (χ0) is 12.8. The van der Waals surface area contributed by atoms with Crippen LogP contribution in [0.4, 0.5) is 0 Å². The van der Waals surface area contributed by atoms with E-state index in [0.717, 1.165) is 31.6 Å². The summed E-state index contributed by atoms with van der Waals surface area (Å²) in [6.07, 6.45) is 9.06. The van der Waals surface area contributed by atoms with Crippen molar-refractivity contribution >= 4 is 0 Å². The summed E-state index contributed by atoms with van der Waals surface area (Å²) in [5.74, 6) is 0. The van der Waals surface area contributed by atoms with E-state index in [-0.39, 0.29) is 6.10 Å². The first kappa shape index (κ1) is 13.6. The van der Waals surface area contributed by atoms with Gasteiger partial charge in [-0.1, -0.05) is 12.8 Å². The highest BCUT2D eigenvalue weighted by Gasteiger charge is 2.17. The van der Waals surface area contributed by atoms with Gasteiger partial charge in [0.25, 0.3) is 0 Å². The van der Waals surface area contributed by atoms with Gasteiger partial charge in [-0.3, -0.25) is 4.68 Å². The number of nitrogens with one attached hydrogen (secondary N) is 1. The first-order valence-corrected chi connectivity index (χ1v) is 7.18. The molecule has 18 heavy (non-hydrogen) atoms. The molecule has 1 unspecified atom stereocenters. The smallest absolute Gasteiger partial charge is 0.0762 e. The molecule has 0 spiro atoms. The Morgan fingerprint density at radius 2 is 2.28 bits per heavy atom. The number of nitrogens with zero attached hydrogens (tertiary/aromatic N) is 2. The van der Waals surface area contributed by atoms with Crippen LogP contribution in [0.3, 0.4) is 0 Å². The molecule has 1 heterocycles. The Kier molecular flexibility index (Phi) is 5.20.